The van der Waals surface area contributed by atoms with Gasteiger partial charge >= 0.3 is 0 Å². The zero-order valence-electron chi connectivity index (χ0n) is 11.9. The van der Waals surface area contributed by atoms with Gasteiger partial charge in [0.2, 0.25) is 11.8 Å². The van der Waals surface area contributed by atoms with E-state index in [1.54, 1.807) is 37.3 Å². The van der Waals surface area contributed by atoms with Crippen molar-refractivity contribution in [2.24, 2.45) is 5.92 Å². The summed E-state index contributed by atoms with van der Waals surface area (Å²) in [5.74, 6) is 0.236. The van der Waals surface area contributed by atoms with Gasteiger partial charge in [-0.2, -0.15) is 0 Å². The maximum atomic E-state index is 12.3. The molecule has 1 saturated heterocycles. The Morgan fingerprint density at radius 1 is 1.45 bits per heavy atom. The van der Waals surface area contributed by atoms with Gasteiger partial charge in [0.1, 0.15) is 5.76 Å². The number of rotatable bonds is 3. The molecule has 114 valence electrons. The smallest absolute Gasteiger partial charge is 0.229 e. The second-order valence-corrected chi connectivity index (χ2v) is 5.58. The molecule has 1 aromatic heterocycles. The summed E-state index contributed by atoms with van der Waals surface area (Å²) in [6.07, 6.45) is 0.141. The normalized spacial score (nSPS) is 17.8. The summed E-state index contributed by atoms with van der Waals surface area (Å²) in [4.78, 5) is 25.8. The predicted molar refractivity (Wildman–Crippen MR) is 81.8 cm³/mol. The number of anilines is 2. The number of hydrogen-bond donors (Lipinski definition) is 1. The molecule has 6 nitrogen and oxygen atoms in total. The van der Waals surface area contributed by atoms with E-state index < -0.39 is 5.92 Å². The lowest BCUT2D eigenvalue weighted by molar-refractivity contribution is -0.122. The summed E-state index contributed by atoms with van der Waals surface area (Å²) in [6, 6.07) is 8.65. The van der Waals surface area contributed by atoms with Crippen molar-refractivity contribution in [3.63, 3.8) is 0 Å². The van der Waals surface area contributed by atoms with Crippen LogP contribution in [0.25, 0.3) is 0 Å². The molecule has 1 N–H and O–H groups in total. The summed E-state index contributed by atoms with van der Waals surface area (Å²) in [5.41, 5.74) is 0.539. The Kier molecular flexibility index (Phi) is 3.85. The van der Waals surface area contributed by atoms with Crippen molar-refractivity contribution >= 4 is 34.9 Å². The fraction of sp³-hybridized carbons (Fsp3) is 0.267. The van der Waals surface area contributed by atoms with E-state index in [0.717, 1.165) is 0 Å². The van der Waals surface area contributed by atoms with Crippen LogP contribution in [0.3, 0.4) is 0 Å². The third-order valence-corrected chi connectivity index (χ3v) is 3.85. The van der Waals surface area contributed by atoms with Gasteiger partial charge in [-0.15, -0.1) is 0 Å². The minimum Gasteiger partial charge on any atom is -0.360 e. The quantitative estimate of drug-likeness (QED) is 0.943. The van der Waals surface area contributed by atoms with Crippen molar-refractivity contribution in [1.29, 1.82) is 0 Å². The number of benzene rings is 1. The van der Waals surface area contributed by atoms with Crippen LogP contribution in [0, 0.1) is 12.8 Å². The standard InChI is InChI=1S/C15H14ClN3O3/c1-9-6-13(18-22-9)19-8-10(7-14(19)20)15(21)17-12-5-3-2-4-11(12)16/h2-6,10H,7-8H2,1H3,(H,17,21). The van der Waals surface area contributed by atoms with Gasteiger partial charge in [-0.25, -0.2) is 0 Å². The first kappa shape index (κ1) is 14.6. The molecule has 2 heterocycles. The van der Waals surface area contributed by atoms with E-state index in [0.29, 0.717) is 22.3 Å². The number of nitrogens with one attached hydrogen (secondary N) is 1. The molecule has 0 spiro atoms. The average Bonchev–Trinajstić information content (AvgIpc) is 3.07. The first-order valence-corrected chi connectivity index (χ1v) is 7.21. The number of amides is 2. The van der Waals surface area contributed by atoms with Crippen LogP contribution in [0.5, 0.6) is 0 Å². The fourth-order valence-corrected chi connectivity index (χ4v) is 2.57. The number of hydrogen-bond acceptors (Lipinski definition) is 4. The largest absolute Gasteiger partial charge is 0.360 e. The second-order valence-electron chi connectivity index (χ2n) is 5.17. The van der Waals surface area contributed by atoms with Crippen LogP contribution in [0.2, 0.25) is 5.02 Å². The molecule has 0 aliphatic carbocycles. The third-order valence-electron chi connectivity index (χ3n) is 3.52. The molecule has 1 aliphatic rings. The number of para-hydroxylation sites is 1. The minimum absolute atomic E-state index is 0.141. The number of carbonyl (C=O) groups is 2. The molecule has 22 heavy (non-hydrogen) atoms. The summed E-state index contributed by atoms with van der Waals surface area (Å²) in [6.45, 7) is 2.03. The summed E-state index contributed by atoms with van der Waals surface area (Å²) < 4.78 is 4.97. The first-order chi connectivity index (χ1) is 10.5. The van der Waals surface area contributed by atoms with E-state index in [-0.39, 0.29) is 24.8 Å². The Morgan fingerprint density at radius 3 is 2.91 bits per heavy atom. The predicted octanol–water partition coefficient (Wildman–Crippen LogP) is 2.63. The van der Waals surface area contributed by atoms with E-state index in [9.17, 15) is 9.59 Å². The molecule has 1 aromatic carbocycles. The molecule has 2 amide bonds. The topological polar surface area (TPSA) is 75.4 Å². The Hall–Kier alpha value is -2.34. The highest BCUT2D eigenvalue weighted by atomic mass is 35.5. The van der Waals surface area contributed by atoms with Gasteiger partial charge in [0.25, 0.3) is 0 Å². The fourth-order valence-electron chi connectivity index (χ4n) is 2.38. The first-order valence-electron chi connectivity index (χ1n) is 6.83. The lowest BCUT2D eigenvalue weighted by Crippen LogP contribution is -2.28. The third kappa shape index (κ3) is 2.82. The Balaban J connectivity index is 1.70. The van der Waals surface area contributed by atoms with Crippen molar-refractivity contribution in [3.8, 4) is 0 Å². The zero-order valence-corrected chi connectivity index (χ0v) is 12.6. The molecule has 1 aliphatic heterocycles. The maximum Gasteiger partial charge on any atom is 0.229 e. The lowest BCUT2D eigenvalue weighted by Gasteiger charge is -2.13. The average molecular weight is 320 g/mol. The number of aromatic nitrogens is 1. The molecule has 0 radical (unpaired) electrons. The van der Waals surface area contributed by atoms with Crippen molar-refractivity contribution in [2.45, 2.75) is 13.3 Å². The Morgan fingerprint density at radius 2 is 2.23 bits per heavy atom. The molecule has 1 atom stereocenters. The highest BCUT2D eigenvalue weighted by Crippen LogP contribution is 2.27. The van der Waals surface area contributed by atoms with Crippen LogP contribution < -0.4 is 10.2 Å². The lowest BCUT2D eigenvalue weighted by atomic mass is 10.1. The summed E-state index contributed by atoms with van der Waals surface area (Å²) in [7, 11) is 0. The van der Waals surface area contributed by atoms with Crippen LogP contribution in [-0.4, -0.2) is 23.5 Å². The van der Waals surface area contributed by atoms with Gasteiger partial charge in [0.05, 0.1) is 16.6 Å². The number of carbonyl (C=O) groups excluding carboxylic acids is 2. The minimum atomic E-state index is -0.444. The Bertz CT molecular complexity index is 728. The highest BCUT2D eigenvalue weighted by Gasteiger charge is 2.36. The van der Waals surface area contributed by atoms with Gasteiger partial charge in [0, 0.05) is 19.0 Å². The molecule has 0 saturated carbocycles. The number of nitrogens with zero attached hydrogens (tertiary/aromatic N) is 2. The maximum absolute atomic E-state index is 12.3. The van der Waals surface area contributed by atoms with Gasteiger partial charge in [0.15, 0.2) is 5.82 Å². The van der Waals surface area contributed by atoms with Crippen molar-refractivity contribution in [1.82, 2.24) is 5.16 Å². The van der Waals surface area contributed by atoms with E-state index in [1.807, 2.05) is 0 Å². The van der Waals surface area contributed by atoms with Gasteiger partial charge in [-0.3, -0.25) is 14.5 Å². The van der Waals surface area contributed by atoms with E-state index >= 15 is 0 Å². The molecular formula is C15H14ClN3O3. The van der Waals surface area contributed by atoms with Crippen LogP contribution in [0.15, 0.2) is 34.9 Å². The summed E-state index contributed by atoms with van der Waals surface area (Å²) in [5, 5.41) is 7.04. The van der Waals surface area contributed by atoms with Crippen LogP contribution in [0.1, 0.15) is 12.2 Å². The summed E-state index contributed by atoms with van der Waals surface area (Å²) >= 11 is 6.02. The van der Waals surface area contributed by atoms with E-state index in [1.165, 1.54) is 4.90 Å². The van der Waals surface area contributed by atoms with Crippen LogP contribution in [0.4, 0.5) is 11.5 Å². The van der Waals surface area contributed by atoms with Crippen molar-refractivity contribution in [3.05, 3.63) is 41.1 Å². The molecule has 3 rings (SSSR count). The molecule has 1 unspecified atom stereocenters. The second kappa shape index (κ2) is 5.81. The van der Waals surface area contributed by atoms with Crippen molar-refractivity contribution in [2.75, 3.05) is 16.8 Å². The van der Waals surface area contributed by atoms with Crippen LogP contribution >= 0.6 is 11.6 Å². The molecule has 7 heteroatoms. The zero-order chi connectivity index (χ0) is 15.7. The molecule has 1 fully saturated rings. The molecule has 0 bridgehead atoms. The van der Waals surface area contributed by atoms with Crippen molar-refractivity contribution < 1.29 is 14.1 Å². The van der Waals surface area contributed by atoms with E-state index in [2.05, 4.69) is 10.5 Å². The highest BCUT2D eigenvalue weighted by molar-refractivity contribution is 6.33. The van der Waals surface area contributed by atoms with Gasteiger partial charge < -0.3 is 9.84 Å². The van der Waals surface area contributed by atoms with E-state index in [4.69, 9.17) is 16.1 Å². The molecule has 2 aromatic rings. The van der Waals surface area contributed by atoms with Crippen LogP contribution in [-0.2, 0) is 9.59 Å². The number of halogens is 1. The van der Waals surface area contributed by atoms with Gasteiger partial charge in [-0.1, -0.05) is 28.9 Å². The van der Waals surface area contributed by atoms with Gasteiger partial charge in [-0.05, 0) is 19.1 Å². The Labute approximate surface area is 132 Å². The molecular weight excluding hydrogens is 306 g/mol. The SMILES string of the molecule is Cc1cc(N2CC(C(=O)Nc3ccccc3Cl)CC2=O)no1. The number of aryl methyl sites for hydroxylation is 1. The monoisotopic (exact) mass is 319 g/mol.